The van der Waals surface area contributed by atoms with Crippen LogP contribution in [0.2, 0.25) is 5.02 Å². The maximum absolute atomic E-state index is 5.92. The molecule has 60 valence electrons. The van der Waals surface area contributed by atoms with Gasteiger partial charge in [0.2, 0.25) is 0 Å². The molecule has 1 aromatic rings. The molecule has 0 saturated carbocycles. The van der Waals surface area contributed by atoms with Gasteiger partial charge in [-0.1, -0.05) is 29.8 Å². The Balaban J connectivity index is 2.62. The average Bonchev–Trinajstić information content (AvgIpc) is 2.03. The highest BCUT2D eigenvalue weighted by Crippen LogP contribution is 2.16. The predicted octanol–water partition coefficient (Wildman–Crippen LogP) is 3.51. The zero-order valence-corrected chi connectivity index (χ0v) is 7.70. The molecule has 1 aromatic carbocycles. The van der Waals surface area contributed by atoms with E-state index in [-0.39, 0.29) is 0 Å². The quantitative estimate of drug-likeness (QED) is 0.638. The zero-order valence-electron chi connectivity index (χ0n) is 6.19. The Bertz CT molecular complexity index is 221. The number of aryl methyl sites for hydroxylation is 1. The van der Waals surface area contributed by atoms with Crippen LogP contribution in [-0.4, -0.2) is 5.88 Å². The number of halogens is 2. The minimum atomic E-state index is 0.700. The van der Waals surface area contributed by atoms with Crippen LogP contribution in [0.3, 0.4) is 0 Å². The van der Waals surface area contributed by atoms with E-state index in [2.05, 4.69) is 0 Å². The van der Waals surface area contributed by atoms with Gasteiger partial charge in [-0.25, -0.2) is 0 Å². The van der Waals surface area contributed by atoms with E-state index in [1.807, 2.05) is 24.3 Å². The number of rotatable bonds is 3. The monoisotopic (exact) mass is 188 g/mol. The first-order valence-corrected chi connectivity index (χ1v) is 4.55. The standard InChI is InChI=1S/C9H10Cl2/c10-7-3-5-8-4-1-2-6-9(8)11/h1-2,4,6H,3,5,7H2. The third kappa shape index (κ3) is 2.72. The normalized spacial score (nSPS) is 10.0. The van der Waals surface area contributed by atoms with Crippen LogP contribution in [0.15, 0.2) is 24.3 Å². The third-order valence-electron chi connectivity index (χ3n) is 1.54. The van der Waals surface area contributed by atoms with Crippen molar-refractivity contribution in [3.63, 3.8) is 0 Å². The minimum absolute atomic E-state index is 0.700. The van der Waals surface area contributed by atoms with E-state index >= 15 is 0 Å². The van der Waals surface area contributed by atoms with Gasteiger partial charge in [-0.2, -0.15) is 0 Å². The molecule has 0 spiro atoms. The first-order chi connectivity index (χ1) is 5.34. The van der Waals surface area contributed by atoms with Gasteiger partial charge in [0.15, 0.2) is 0 Å². The van der Waals surface area contributed by atoms with Crippen LogP contribution in [0.4, 0.5) is 0 Å². The SMILES string of the molecule is ClCCCc1ccccc1Cl. The van der Waals surface area contributed by atoms with E-state index in [4.69, 9.17) is 23.2 Å². The largest absolute Gasteiger partial charge is 0.127 e. The van der Waals surface area contributed by atoms with Crippen molar-refractivity contribution < 1.29 is 0 Å². The van der Waals surface area contributed by atoms with E-state index in [0.29, 0.717) is 5.88 Å². The summed E-state index contributed by atoms with van der Waals surface area (Å²) in [6.45, 7) is 0. The summed E-state index contributed by atoms with van der Waals surface area (Å²) in [7, 11) is 0. The fraction of sp³-hybridized carbons (Fsp3) is 0.333. The van der Waals surface area contributed by atoms with Crippen LogP contribution in [0, 0.1) is 0 Å². The fourth-order valence-electron chi connectivity index (χ4n) is 0.958. The van der Waals surface area contributed by atoms with Crippen LogP contribution in [-0.2, 0) is 6.42 Å². The summed E-state index contributed by atoms with van der Waals surface area (Å²) in [6, 6.07) is 7.88. The summed E-state index contributed by atoms with van der Waals surface area (Å²) in [5.41, 5.74) is 1.19. The molecule has 0 atom stereocenters. The average molecular weight is 189 g/mol. The summed E-state index contributed by atoms with van der Waals surface area (Å²) < 4.78 is 0. The number of hydrogen-bond acceptors (Lipinski definition) is 0. The van der Waals surface area contributed by atoms with Crippen molar-refractivity contribution >= 4 is 23.2 Å². The maximum atomic E-state index is 5.92. The van der Waals surface area contributed by atoms with Crippen molar-refractivity contribution in [1.29, 1.82) is 0 Å². The van der Waals surface area contributed by atoms with E-state index in [1.165, 1.54) is 5.56 Å². The molecule has 1 rings (SSSR count). The molecule has 0 aliphatic rings. The summed E-state index contributed by atoms with van der Waals surface area (Å²) >= 11 is 11.5. The molecule has 0 unspecified atom stereocenters. The Morgan fingerprint density at radius 3 is 2.55 bits per heavy atom. The lowest BCUT2D eigenvalue weighted by atomic mass is 10.1. The number of alkyl halides is 1. The highest BCUT2D eigenvalue weighted by molar-refractivity contribution is 6.31. The molecule has 0 bridgehead atoms. The van der Waals surface area contributed by atoms with Gasteiger partial charge >= 0.3 is 0 Å². The lowest BCUT2D eigenvalue weighted by Gasteiger charge is -2.00. The lowest BCUT2D eigenvalue weighted by molar-refractivity contribution is 0.929. The van der Waals surface area contributed by atoms with Gasteiger partial charge in [-0.05, 0) is 24.5 Å². The second-order valence-corrected chi connectivity index (χ2v) is 3.17. The smallest absolute Gasteiger partial charge is 0.0437 e. The van der Waals surface area contributed by atoms with Gasteiger partial charge in [0.25, 0.3) is 0 Å². The molecule has 0 aliphatic carbocycles. The Labute approximate surface area is 77.1 Å². The lowest BCUT2D eigenvalue weighted by Crippen LogP contribution is -1.86. The second kappa shape index (κ2) is 4.63. The highest BCUT2D eigenvalue weighted by atomic mass is 35.5. The zero-order chi connectivity index (χ0) is 8.10. The van der Waals surface area contributed by atoms with Crippen LogP contribution < -0.4 is 0 Å². The van der Waals surface area contributed by atoms with Crippen LogP contribution >= 0.6 is 23.2 Å². The molecular weight excluding hydrogens is 179 g/mol. The van der Waals surface area contributed by atoms with Gasteiger partial charge in [0, 0.05) is 10.9 Å². The summed E-state index contributed by atoms with van der Waals surface area (Å²) in [5, 5.41) is 0.845. The maximum Gasteiger partial charge on any atom is 0.0437 e. The van der Waals surface area contributed by atoms with E-state index in [1.54, 1.807) is 0 Å². The van der Waals surface area contributed by atoms with Crippen molar-refractivity contribution in [2.75, 3.05) is 5.88 Å². The molecule has 2 heteroatoms. The molecule has 0 radical (unpaired) electrons. The van der Waals surface area contributed by atoms with Crippen LogP contribution in [0.25, 0.3) is 0 Å². The highest BCUT2D eigenvalue weighted by Gasteiger charge is 1.96. The second-order valence-electron chi connectivity index (χ2n) is 2.38. The van der Waals surface area contributed by atoms with E-state index < -0.39 is 0 Å². The van der Waals surface area contributed by atoms with Crippen LogP contribution in [0.5, 0.6) is 0 Å². The van der Waals surface area contributed by atoms with Crippen molar-refractivity contribution in [1.82, 2.24) is 0 Å². The molecule has 0 fully saturated rings. The van der Waals surface area contributed by atoms with Crippen molar-refractivity contribution in [3.05, 3.63) is 34.9 Å². The Hall–Kier alpha value is -0.200. The molecule has 0 saturated heterocycles. The first kappa shape index (κ1) is 8.89. The minimum Gasteiger partial charge on any atom is -0.127 e. The summed E-state index contributed by atoms with van der Waals surface area (Å²) in [6.07, 6.45) is 1.97. The molecule has 0 N–H and O–H groups in total. The molecule has 11 heavy (non-hydrogen) atoms. The third-order valence-corrected chi connectivity index (χ3v) is 2.17. The topological polar surface area (TPSA) is 0 Å². The number of hydrogen-bond donors (Lipinski definition) is 0. The van der Waals surface area contributed by atoms with Gasteiger partial charge in [0.05, 0.1) is 0 Å². The molecule has 0 heterocycles. The number of benzene rings is 1. The predicted molar refractivity (Wildman–Crippen MR) is 50.5 cm³/mol. The molecule has 0 aromatic heterocycles. The summed E-state index contributed by atoms with van der Waals surface area (Å²) in [5.74, 6) is 0.700. The Morgan fingerprint density at radius 1 is 1.18 bits per heavy atom. The molecular formula is C9H10Cl2. The van der Waals surface area contributed by atoms with Gasteiger partial charge in [-0.3, -0.25) is 0 Å². The van der Waals surface area contributed by atoms with Crippen molar-refractivity contribution in [2.45, 2.75) is 12.8 Å². The Morgan fingerprint density at radius 2 is 1.91 bits per heavy atom. The molecule has 0 aliphatic heterocycles. The van der Waals surface area contributed by atoms with Crippen LogP contribution in [0.1, 0.15) is 12.0 Å². The van der Waals surface area contributed by atoms with Gasteiger partial charge in [-0.15, -0.1) is 11.6 Å². The summed E-state index contributed by atoms with van der Waals surface area (Å²) in [4.78, 5) is 0. The van der Waals surface area contributed by atoms with E-state index in [9.17, 15) is 0 Å². The Kier molecular flexibility index (Phi) is 3.74. The first-order valence-electron chi connectivity index (χ1n) is 3.64. The molecule has 0 nitrogen and oxygen atoms in total. The van der Waals surface area contributed by atoms with Gasteiger partial charge < -0.3 is 0 Å². The van der Waals surface area contributed by atoms with Crippen molar-refractivity contribution in [2.24, 2.45) is 0 Å². The van der Waals surface area contributed by atoms with Gasteiger partial charge in [0.1, 0.15) is 0 Å². The van der Waals surface area contributed by atoms with Crippen molar-refractivity contribution in [3.8, 4) is 0 Å². The fourth-order valence-corrected chi connectivity index (χ4v) is 1.32. The van der Waals surface area contributed by atoms with E-state index in [0.717, 1.165) is 17.9 Å². The molecule has 0 amide bonds.